The van der Waals surface area contributed by atoms with Crippen LogP contribution in [0.4, 0.5) is 0 Å². The number of aromatic nitrogens is 1. The van der Waals surface area contributed by atoms with E-state index in [2.05, 4.69) is 33.5 Å². The van der Waals surface area contributed by atoms with E-state index in [9.17, 15) is 4.79 Å². The van der Waals surface area contributed by atoms with E-state index in [1.807, 2.05) is 23.2 Å². The van der Waals surface area contributed by atoms with Crippen LogP contribution in [-0.2, 0) is 6.54 Å². The largest absolute Gasteiger partial charge is 0.347 e. The fourth-order valence-corrected chi connectivity index (χ4v) is 2.74. The van der Waals surface area contributed by atoms with Gasteiger partial charge >= 0.3 is 0 Å². The predicted molar refractivity (Wildman–Crippen MR) is 75.8 cm³/mol. The van der Waals surface area contributed by atoms with Crippen molar-refractivity contribution in [3.8, 4) is 0 Å². The van der Waals surface area contributed by atoms with Crippen molar-refractivity contribution in [3.63, 3.8) is 0 Å². The Labute approximate surface area is 115 Å². The Bertz CT molecular complexity index is 614. The summed E-state index contributed by atoms with van der Waals surface area (Å²) < 4.78 is 3.18. The van der Waals surface area contributed by atoms with Crippen LogP contribution in [0.5, 0.6) is 0 Å². The number of rotatable bonds is 2. The van der Waals surface area contributed by atoms with Crippen molar-refractivity contribution in [2.24, 2.45) is 0 Å². The molecule has 1 amide bonds. The van der Waals surface area contributed by atoms with Crippen molar-refractivity contribution >= 4 is 32.7 Å². The highest BCUT2D eigenvalue weighted by Crippen LogP contribution is 2.27. The minimum atomic E-state index is 0.167. The Morgan fingerprint density at radius 1 is 1.39 bits per heavy atom. The van der Waals surface area contributed by atoms with Gasteiger partial charge < -0.3 is 9.47 Å². The molecule has 0 aliphatic carbocycles. The molecule has 94 valence electrons. The van der Waals surface area contributed by atoms with Gasteiger partial charge in [-0.2, -0.15) is 0 Å². The maximum Gasteiger partial charge on any atom is 0.256 e. The molecule has 1 aliphatic heterocycles. The maximum absolute atomic E-state index is 12.4. The van der Waals surface area contributed by atoms with Crippen LogP contribution in [0.15, 0.2) is 28.9 Å². The van der Waals surface area contributed by atoms with E-state index in [1.165, 1.54) is 0 Å². The van der Waals surface area contributed by atoms with E-state index >= 15 is 0 Å². The van der Waals surface area contributed by atoms with Gasteiger partial charge in [0.1, 0.15) is 0 Å². The molecule has 18 heavy (non-hydrogen) atoms. The number of hydrogen-bond donors (Lipinski definition) is 0. The maximum atomic E-state index is 12.4. The lowest BCUT2D eigenvalue weighted by atomic mass is 10.1. The molecule has 0 spiro atoms. The smallest absolute Gasteiger partial charge is 0.256 e. The van der Waals surface area contributed by atoms with Crippen LogP contribution in [-0.4, -0.2) is 28.5 Å². The first-order valence-electron chi connectivity index (χ1n) is 6.28. The van der Waals surface area contributed by atoms with Crippen molar-refractivity contribution in [3.05, 3.63) is 34.4 Å². The molecule has 4 heteroatoms. The molecule has 0 N–H and O–H groups in total. The summed E-state index contributed by atoms with van der Waals surface area (Å²) in [6, 6.07) is 6.10. The molecule has 1 aliphatic rings. The van der Waals surface area contributed by atoms with Crippen LogP contribution in [0.2, 0.25) is 0 Å². The number of likely N-dealkylation sites (tertiary alicyclic amines) is 1. The molecule has 0 bridgehead atoms. The van der Waals surface area contributed by atoms with Crippen molar-refractivity contribution in [1.29, 1.82) is 0 Å². The molecule has 1 saturated heterocycles. The third-order valence-corrected chi connectivity index (χ3v) is 4.05. The number of aryl methyl sites for hydroxylation is 1. The van der Waals surface area contributed by atoms with Crippen LogP contribution in [0.3, 0.4) is 0 Å². The Balaban J connectivity index is 2.14. The Morgan fingerprint density at radius 3 is 2.78 bits per heavy atom. The molecule has 1 aromatic carbocycles. The monoisotopic (exact) mass is 306 g/mol. The van der Waals surface area contributed by atoms with Gasteiger partial charge in [0.2, 0.25) is 0 Å². The zero-order valence-corrected chi connectivity index (χ0v) is 11.9. The average molecular weight is 307 g/mol. The molecule has 2 heterocycles. The molecule has 3 nitrogen and oxygen atoms in total. The van der Waals surface area contributed by atoms with Crippen molar-refractivity contribution < 1.29 is 4.79 Å². The van der Waals surface area contributed by atoms with Gasteiger partial charge in [-0.15, -0.1) is 0 Å². The lowest BCUT2D eigenvalue weighted by Crippen LogP contribution is -2.41. The van der Waals surface area contributed by atoms with E-state index in [0.717, 1.165) is 47.0 Å². The van der Waals surface area contributed by atoms with Crippen LogP contribution in [0.1, 0.15) is 23.7 Å². The molecular formula is C14H15BrN2O. The van der Waals surface area contributed by atoms with Crippen LogP contribution in [0, 0.1) is 0 Å². The van der Waals surface area contributed by atoms with Crippen molar-refractivity contribution in [2.45, 2.75) is 19.9 Å². The number of fused-ring (bicyclic) bond motifs is 1. The summed E-state index contributed by atoms with van der Waals surface area (Å²) in [5, 5.41) is 1.05. The molecule has 0 unspecified atom stereocenters. The highest BCUT2D eigenvalue weighted by molar-refractivity contribution is 9.10. The molecule has 1 aromatic heterocycles. The number of amides is 1. The van der Waals surface area contributed by atoms with E-state index in [0.29, 0.717) is 0 Å². The highest BCUT2D eigenvalue weighted by atomic mass is 79.9. The summed E-state index contributed by atoms with van der Waals surface area (Å²) >= 11 is 3.49. The van der Waals surface area contributed by atoms with Gasteiger partial charge in [0.15, 0.2) is 0 Å². The number of carbonyl (C=O) groups is 1. The van der Waals surface area contributed by atoms with Crippen LogP contribution >= 0.6 is 15.9 Å². The summed E-state index contributed by atoms with van der Waals surface area (Å²) in [5.74, 6) is 0.167. The predicted octanol–water partition coefficient (Wildman–Crippen LogP) is 3.27. The molecule has 0 atom stereocenters. The van der Waals surface area contributed by atoms with Gasteiger partial charge in [-0.05, 0) is 25.5 Å². The highest BCUT2D eigenvalue weighted by Gasteiger charge is 2.24. The Morgan fingerprint density at radius 2 is 2.17 bits per heavy atom. The third kappa shape index (κ3) is 1.75. The summed E-state index contributed by atoms with van der Waals surface area (Å²) in [4.78, 5) is 14.3. The minimum absolute atomic E-state index is 0.167. The molecular weight excluding hydrogens is 292 g/mol. The summed E-state index contributed by atoms with van der Waals surface area (Å²) in [6.07, 6.45) is 3.11. The summed E-state index contributed by atoms with van der Waals surface area (Å²) in [6.45, 7) is 4.76. The number of nitrogens with zero attached hydrogens (tertiary/aromatic N) is 2. The first-order valence-corrected chi connectivity index (χ1v) is 7.07. The lowest BCUT2D eigenvalue weighted by Gasteiger charge is -2.30. The quantitative estimate of drug-likeness (QED) is 0.836. The fraction of sp³-hybridized carbons (Fsp3) is 0.357. The first-order chi connectivity index (χ1) is 8.70. The topological polar surface area (TPSA) is 25.2 Å². The van der Waals surface area contributed by atoms with E-state index in [-0.39, 0.29) is 5.91 Å². The second-order valence-electron chi connectivity index (χ2n) is 4.64. The standard InChI is InChI=1S/C14H15BrN2O/c1-2-16-9-12(14(18)17-6-3-7-17)11-5-4-10(15)8-13(11)16/h4-5,8-9H,2-3,6-7H2,1H3. The van der Waals surface area contributed by atoms with Gasteiger partial charge in [0.25, 0.3) is 5.91 Å². The zero-order valence-electron chi connectivity index (χ0n) is 10.3. The lowest BCUT2D eigenvalue weighted by molar-refractivity contribution is 0.0653. The van der Waals surface area contributed by atoms with Crippen LogP contribution in [0.25, 0.3) is 10.9 Å². The second-order valence-corrected chi connectivity index (χ2v) is 5.55. The normalized spacial score (nSPS) is 14.9. The average Bonchev–Trinajstić information content (AvgIpc) is 2.64. The van der Waals surface area contributed by atoms with Crippen molar-refractivity contribution in [2.75, 3.05) is 13.1 Å². The Hall–Kier alpha value is -1.29. The van der Waals surface area contributed by atoms with Gasteiger partial charge in [-0.25, -0.2) is 0 Å². The SMILES string of the molecule is CCn1cc(C(=O)N2CCC2)c2ccc(Br)cc21. The number of hydrogen-bond acceptors (Lipinski definition) is 1. The third-order valence-electron chi connectivity index (χ3n) is 3.56. The number of halogens is 1. The van der Waals surface area contributed by atoms with Crippen molar-refractivity contribution in [1.82, 2.24) is 9.47 Å². The zero-order chi connectivity index (χ0) is 12.7. The summed E-state index contributed by atoms with van der Waals surface area (Å²) in [5.41, 5.74) is 1.95. The summed E-state index contributed by atoms with van der Waals surface area (Å²) in [7, 11) is 0. The molecule has 0 radical (unpaired) electrons. The minimum Gasteiger partial charge on any atom is -0.347 e. The van der Waals surface area contributed by atoms with Gasteiger partial charge in [-0.1, -0.05) is 22.0 Å². The molecule has 2 aromatic rings. The van der Waals surface area contributed by atoms with E-state index in [4.69, 9.17) is 0 Å². The van der Waals surface area contributed by atoms with Gasteiger partial charge in [0.05, 0.1) is 5.56 Å². The number of carbonyl (C=O) groups excluding carboxylic acids is 1. The van der Waals surface area contributed by atoms with Gasteiger partial charge in [-0.3, -0.25) is 4.79 Å². The first kappa shape index (κ1) is 11.8. The molecule has 3 rings (SSSR count). The fourth-order valence-electron chi connectivity index (χ4n) is 2.39. The second kappa shape index (κ2) is 4.43. The molecule has 1 fully saturated rings. The van der Waals surface area contributed by atoms with Crippen LogP contribution < -0.4 is 0 Å². The number of benzene rings is 1. The molecule has 0 saturated carbocycles. The van der Waals surface area contributed by atoms with E-state index in [1.54, 1.807) is 0 Å². The van der Waals surface area contributed by atoms with Gasteiger partial charge in [0, 0.05) is 41.2 Å². The Kier molecular flexibility index (Phi) is 2.90. The van der Waals surface area contributed by atoms with E-state index < -0.39 is 0 Å².